The molecule has 0 bridgehead atoms. The van der Waals surface area contributed by atoms with Gasteiger partial charge < -0.3 is 15.0 Å². The number of halogens is 4. The molecule has 3 aromatic carbocycles. The number of H-pyrrole nitrogens is 1. The standard InChI is InChI=1S/C31H25ClF3N3O3/c32-24-10-9-19(16-23(24)31(33,34)35)18-5-4-6-20(15-18)26(39)28(41)38-14-11-25-22(17-38)27(40)37-29(36-25)30(12-13-30)21-7-2-1-3-8-21/h1-10,15-16,26,39H,11-14,17H2,(H,36,37,40). The number of fused-ring (bicyclic) bond motifs is 1. The first-order valence-electron chi connectivity index (χ1n) is 13.2. The number of carbonyl (C=O) groups excluding carboxylic acids is 1. The van der Waals surface area contributed by atoms with Crippen molar-refractivity contribution in [2.24, 2.45) is 0 Å². The lowest BCUT2D eigenvalue weighted by molar-refractivity contribution is -0.141. The van der Waals surface area contributed by atoms with Crippen molar-refractivity contribution < 1.29 is 23.1 Å². The van der Waals surface area contributed by atoms with Crippen molar-refractivity contribution in [1.82, 2.24) is 14.9 Å². The minimum Gasteiger partial charge on any atom is -0.378 e. The van der Waals surface area contributed by atoms with Crippen LogP contribution in [0.5, 0.6) is 0 Å². The van der Waals surface area contributed by atoms with Crippen molar-refractivity contribution in [3.63, 3.8) is 0 Å². The molecule has 210 valence electrons. The normalized spacial score (nSPS) is 16.7. The van der Waals surface area contributed by atoms with E-state index >= 15 is 0 Å². The van der Waals surface area contributed by atoms with Gasteiger partial charge in [-0.2, -0.15) is 13.2 Å². The Bertz CT molecular complexity index is 1700. The molecule has 1 aromatic heterocycles. The smallest absolute Gasteiger partial charge is 0.378 e. The van der Waals surface area contributed by atoms with E-state index in [1.54, 1.807) is 12.1 Å². The van der Waals surface area contributed by atoms with Crippen LogP contribution in [0.4, 0.5) is 13.2 Å². The van der Waals surface area contributed by atoms with Crippen LogP contribution in [0, 0.1) is 0 Å². The van der Waals surface area contributed by atoms with Gasteiger partial charge in [-0.3, -0.25) is 9.59 Å². The number of aliphatic hydroxyl groups excluding tert-OH is 1. The maximum atomic E-state index is 13.4. The third kappa shape index (κ3) is 5.04. The van der Waals surface area contributed by atoms with Gasteiger partial charge >= 0.3 is 6.18 Å². The van der Waals surface area contributed by atoms with E-state index in [4.69, 9.17) is 16.6 Å². The summed E-state index contributed by atoms with van der Waals surface area (Å²) in [6.45, 7) is 0.265. The van der Waals surface area contributed by atoms with Crippen LogP contribution < -0.4 is 5.56 Å². The molecule has 4 aromatic rings. The minimum absolute atomic E-state index is 0.00199. The number of alkyl halides is 3. The zero-order chi connectivity index (χ0) is 28.9. The summed E-state index contributed by atoms with van der Waals surface area (Å²) >= 11 is 5.75. The number of benzene rings is 3. The lowest BCUT2D eigenvalue weighted by Crippen LogP contribution is -2.42. The predicted octanol–water partition coefficient (Wildman–Crippen LogP) is 5.81. The fourth-order valence-electron chi connectivity index (χ4n) is 5.51. The first-order valence-corrected chi connectivity index (χ1v) is 13.6. The number of hydrogen-bond acceptors (Lipinski definition) is 4. The molecule has 2 N–H and O–H groups in total. The molecule has 1 aliphatic carbocycles. The van der Waals surface area contributed by atoms with E-state index < -0.39 is 28.8 Å². The van der Waals surface area contributed by atoms with Gasteiger partial charge in [0.05, 0.1) is 33.8 Å². The molecule has 2 aliphatic rings. The Labute approximate surface area is 238 Å². The number of aliphatic hydroxyl groups is 1. The number of carbonyl (C=O) groups is 1. The number of aromatic amines is 1. The van der Waals surface area contributed by atoms with Gasteiger partial charge in [0.25, 0.3) is 11.5 Å². The van der Waals surface area contributed by atoms with Gasteiger partial charge in [0.2, 0.25) is 0 Å². The average Bonchev–Trinajstić information content (AvgIpc) is 3.79. The number of nitrogens with one attached hydrogen (secondary N) is 1. The van der Waals surface area contributed by atoms with Crippen molar-refractivity contribution in [1.29, 1.82) is 0 Å². The van der Waals surface area contributed by atoms with Crippen LogP contribution in [0.25, 0.3) is 11.1 Å². The Morgan fingerprint density at radius 3 is 2.46 bits per heavy atom. The molecule has 1 saturated carbocycles. The van der Waals surface area contributed by atoms with E-state index in [0.717, 1.165) is 24.5 Å². The van der Waals surface area contributed by atoms with Crippen LogP contribution in [-0.2, 0) is 29.4 Å². The van der Waals surface area contributed by atoms with E-state index in [9.17, 15) is 27.9 Å². The minimum atomic E-state index is -4.63. The van der Waals surface area contributed by atoms with Crippen molar-refractivity contribution in [2.75, 3.05) is 6.54 Å². The summed E-state index contributed by atoms with van der Waals surface area (Å²) in [4.78, 5) is 35.6. The maximum absolute atomic E-state index is 13.4. The molecule has 6 rings (SSSR count). The van der Waals surface area contributed by atoms with Crippen LogP contribution >= 0.6 is 11.6 Å². The molecule has 0 saturated heterocycles. The molecule has 1 aliphatic heterocycles. The second kappa shape index (κ2) is 10.2. The van der Waals surface area contributed by atoms with Gasteiger partial charge in [-0.1, -0.05) is 66.2 Å². The highest BCUT2D eigenvalue weighted by Gasteiger charge is 2.48. The van der Waals surface area contributed by atoms with Crippen LogP contribution in [0.2, 0.25) is 5.02 Å². The highest BCUT2D eigenvalue weighted by atomic mass is 35.5. The summed E-state index contributed by atoms with van der Waals surface area (Å²) < 4.78 is 40.1. The number of rotatable bonds is 5. The van der Waals surface area contributed by atoms with Crippen LogP contribution in [0.15, 0.2) is 77.6 Å². The Hall–Kier alpha value is -3.95. The summed E-state index contributed by atoms with van der Waals surface area (Å²) in [6, 6.07) is 19.7. The highest BCUT2D eigenvalue weighted by Crippen LogP contribution is 2.52. The number of nitrogens with zero attached hydrogens (tertiary/aromatic N) is 2. The van der Waals surface area contributed by atoms with Gasteiger partial charge in [-0.15, -0.1) is 0 Å². The monoisotopic (exact) mass is 579 g/mol. The van der Waals surface area contributed by atoms with Crippen LogP contribution in [0.1, 0.15) is 52.7 Å². The fraction of sp³-hybridized carbons (Fsp3) is 0.258. The lowest BCUT2D eigenvalue weighted by Gasteiger charge is -2.30. The van der Waals surface area contributed by atoms with Gasteiger partial charge in [-0.05, 0) is 53.3 Å². The number of hydrogen-bond donors (Lipinski definition) is 2. The van der Waals surface area contributed by atoms with E-state index in [2.05, 4.69) is 4.98 Å². The lowest BCUT2D eigenvalue weighted by atomic mass is 9.94. The zero-order valence-electron chi connectivity index (χ0n) is 21.7. The Morgan fingerprint density at radius 2 is 1.76 bits per heavy atom. The van der Waals surface area contributed by atoms with E-state index in [1.165, 1.54) is 29.2 Å². The predicted molar refractivity (Wildman–Crippen MR) is 147 cm³/mol. The third-order valence-corrected chi connectivity index (χ3v) is 8.28. The van der Waals surface area contributed by atoms with Gasteiger partial charge in [0.15, 0.2) is 6.10 Å². The quantitative estimate of drug-likeness (QED) is 0.313. The largest absolute Gasteiger partial charge is 0.417 e. The van der Waals surface area contributed by atoms with E-state index in [-0.39, 0.29) is 35.2 Å². The molecule has 1 fully saturated rings. The van der Waals surface area contributed by atoms with Crippen molar-refractivity contribution >= 4 is 17.5 Å². The molecular formula is C31H25ClF3N3O3. The van der Waals surface area contributed by atoms with Gasteiger partial charge in [-0.25, -0.2) is 4.98 Å². The topological polar surface area (TPSA) is 86.3 Å². The molecular weight excluding hydrogens is 555 g/mol. The Morgan fingerprint density at radius 1 is 1.02 bits per heavy atom. The Balaban J connectivity index is 1.22. The maximum Gasteiger partial charge on any atom is 0.417 e. The molecule has 1 amide bonds. The first-order chi connectivity index (χ1) is 19.6. The second-order valence-electron chi connectivity index (χ2n) is 10.5. The first kappa shape index (κ1) is 27.2. The molecule has 1 unspecified atom stereocenters. The summed E-state index contributed by atoms with van der Waals surface area (Å²) in [6.07, 6.45) is -4.05. The average molecular weight is 580 g/mol. The summed E-state index contributed by atoms with van der Waals surface area (Å²) in [5.41, 5.74) is 1.43. The van der Waals surface area contributed by atoms with Crippen LogP contribution in [0.3, 0.4) is 0 Å². The number of amides is 1. The van der Waals surface area contributed by atoms with Crippen molar-refractivity contribution in [3.05, 3.63) is 122 Å². The molecule has 41 heavy (non-hydrogen) atoms. The van der Waals surface area contributed by atoms with Crippen molar-refractivity contribution in [2.45, 2.75) is 43.5 Å². The van der Waals surface area contributed by atoms with E-state index in [1.807, 2.05) is 30.3 Å². The molecule has 1 atom stereocenters. The zero-order valence-corrected chi connectivity index (χ0v) is 22.5. The molecule has 2 heterocycles. The molecule has 10 heteroatoms. The van der Waals surface area contributed by atoms with Gasteiger partial charge in [0, 0.05) is 13.0 Å². The molecule has 0 spiro atoms. The fourth-order valence-corrected chi connectivity index (χ4v) is 5.73. The number of aromatic nitrogens is 2. The second-order valence-corrected chi connectivity index (χ2v) is 10.9. The van der Waals surface area contributed by atoms with Crippen LogP contribution in [-0.4, -0.2) is 32.4 Å². The Kier molecular flexibility index (Phi) is 6.74. The molecule has 6 nitrogen and oxygen atoms in total. The summed E-state index contributed by atoms with van der Waals surface area (Å²) in [5.74, 6) is 0.0336. The van der Waals surface area contributed by atoms with Gasteiger partial charge in [0.1, 0.15) is 5.82 Å². The SMILES string of the molecule is O=C(C(O)c1cccc(-c2ccc(Cl)c(C(F)(F)F)c2)c1)N1CCc2nc(C3(c4ccccc4)CC3)[nH]c(=O)c2C1. The highest BCUT2D eigenvalue weighted by molar-refractivity contribution is 6.31. The summed E-state index contributed by atoms with van der Waals surface area (Å²) in [5, 5.41) is 10.5. The third-order valence-electron chi connectivity index (χ3n) is 7.95. The summed E-state index contributed by atoms with van der Waals surface area (Å²) in [7, 11) is 0. The van der Waals surface area contributed by atoms with Crippen molar-refractivity contribution in [3.8, 4) is 11.1 Å². The molecule has 0 radical (unpaired) electrons. The van der Waals surface area contributed by atoms with E-state index in [0.29, 0.717) is 29.1 Å².